The smallest absolute Gasteiger partial charge is 0.449 e. The first-order valence-electron chi connectivity index (χ1n) is 7.83. The average Bonchev–Trinajstić information content (AvgIpc) is 3.03. The topological polar surface area (TPSA) is 99.1 Å². The van der Waals surface area contributed by atoms with Crippen LogP contribution in [0.15, 0.2) is 46.0 Å². The van der Waals surface area contributed by atoms with Crippen molar-refractivity contribution in [1.82, 2.24) is 0 Å². The quantitative estimate of drug-likeness (QED) is 0.845. The maximum absolute atomic E-state index is 12.5. The van der Waals surface area contributed by atoms with Crippen LogP contribution in [0.25, 0.3) is 0 Å². The number of alkyl halides is 3. The van der Waals surface area contributed by atoms with Gasteiger partial charge in [0.15, 0.2) is 5.75 Å². The maximum atomic E-state index is 12.5. The van der Waals surface area contributed by atoms with Gasteiger partial charge in [-0.2, -0.15) is 13.2 Å². The number of amidine groups is 1. The standard InChI is InChI=1S/C17H16F3N3O4/c1-16(9-25-8-14(21)23-16)10-3-2-4-11(5-10)22-15(24)27-12-6-13(26-7-12)17(18,19)20/h2-7H,8-9H2,1H3,(H2,21,23)(H,22,24). The van der Waals surface area contributed by atoms with Crippen molar-refractivity contribution < 1.29 is 31.9 Å². The van der Waals surface area contributed by atoms with Crippen molar-refractivity contribution in [3.05, 3.63) is 47.9 Å². The molecule has 0 saturated carbocycles. The minimum Gasteiger partial charge on any atom is -0.456 e. The number of aliphatic imine (C=N–C) groups is 1. The molecule has 0 bridgehead atoms. The summed E-state index contributed by atoms with van der Waals surface area (Å²) in [5.41, 5.74) is 6.13. The summed E-state index contributed by atoms with van der Waals surface area (Å²) in [5, 5.41) is 2.44. The van der Waals surface area contributed by atoms with Gasteiger partial charge >= 0.3 is 12.3 Å². The van der Waals surface area contributed by atoms with Crippen LogP contribution in [0.3, 0.4) is 0 Å². The summed E-state index contributed by atoms with van der Waals surface area (Å²) >= 11 is 0. The minimum absolute atomic E-state index is 0.254. The summed E-state index contributed by atoms with van der Waals surface area (Å²) in [6.45, 7) is 2.40. The Labute approximate surface area is 152 Å². The van der Waals surface area contributed by atoms with Gasteiger partial charge in [0.1, 0.15) is 24.2 Å². The predicted octanol–water partition coefficient (Wildman–Crippen LogP) is 3.51. The highest BCUT2D eigenvalue weighted by molar-refractivity contribution is 5.86. The highest BCUT2D eigenvalue weighted by atomic mass is 19.4. The van der Waals surface area contributed by atoms with Crippen LogP contribution in [0.5, 0.6) is 5.75 Å². The van der Waals surface area contributed by atoms with Gasteiger partial charge in [-0.15, -0.1) is 0 Å². The van der Waals surface area contributed by atoms with Gasteiger partial charge in [-0.1, -0.05) is 12.1 Å². The van der Waals surface area contributed by atoms with Crippen LogP contribution in [0.4, 0.5) is 23.7 Å². The molecular weight excluding hydrogens is 367 g/mol. The van der Waals surface area contributed by atoms with E-state index in [1.165, 1.54) is 0 Å². The third kappa shape index (κ3) is 4.40. The number of hydrogen-bond donors (Lipinski definition) is 2. The van der Waals surface area contributed by atoms with Crippen molar-refractivity contribution in [3.63, 3.8) is 0 Å². The number of hydrogen-bond acceptors (Lipinski definition) is 6. The van der Waals surface area contributed by atoms with Crippen molar-refractivity contribution in [3.8, 4) is 5.75 Å². The average molecular weight is 383 g/mol. The third-order valence-corrected chi connectivity index (χ3v) is 3.82. The molecule has 27 heavy (non-hydrogen) atoms. The normalized spacial score (nSPS) is 20.1. The number of rotatable bonds is 3. The monoisotopic (exact) mass is 383 g/mol. The van der Waals surface area contributed by atoms with Crippen LogP contribution in [0.1, 0.15) is 18.2 Å². The number of nitrogens with two attached hydrogens (primary N) is 1. The lowest BCUT2D eigenvalue weighted by molar-refractivity contribution is -0.153. The number of amides is 1. The van der Waals surface area contributed by atoms with E-state index in [9.17, 15) is 18.0 Å². The first-order valence-corrected chi connectivity index (χ1v) is 7.83. The lowest BCUT2D eigenvalue weighted by Gasteiger charge is -2.30. The van der Waals surface area contributed by atoms with Gasteiger partial charge in [0.2, 0.25) is 5.76 Å². The Morgan fingerprint density at radius 1 is 1.37 bits per heavy atom. The molecule has 3 N–H and O–H groups in total. The van der Waals surface area contributed by atoms with Crippen LogP contribution in [-0.4, -0.2) is 25.1 Å². The van der Waals surface area contributed by atoms with Gasteiger partial charge in [-0.25, -0.2) is 4.79 Å². The molecule has 2 heterocycles. The third-order valence-electron chi connectivity index (χ3n) is 3.82. The Bertz CT molecular complexity index is 878. The Morgan fingerprint density at radius 2 is 2.15 bits per heavy atom. The number of nitrogens with one attached hydrogen (secondary N) is 1. The van der Waals surface area contributed by atoms with Crippen molar-refractivity contribution in [1.29, 1.82) is 0 Å². The van der Waals surface area contributed by atoms with Gasteiger partial charge in [-0.3, -0.25) is 10.3 Å². The van der Waals surface area contributed by atoms with Crippen LogP contribution < -0.4 is 15.8 Å². The Morgan fingerprint density at radius 3 is 2.81 bits per heavy atom. The number of benzene rings is 1. The fraction of sp³-hybridized carbons (Fsp3) is 0.294. The highest BCUT2D eigenvalue weighted by Crippen LogP contribution is 2.33. The summed E-state index contributed by atoms with van der Waals surface area (Å²) in [5.74, 6) is -1.25. The minimum atomic E-state index is -4.66. The van der Waals surface area contributed by atoms with E-state index >= 15 is 0 Å². The van der Waals surface area contributed by atoms with E-state index in [0.717, 1.165) is 5.56 Å². The number of anilines is 1. The Balaban J connectivity index is 1.70. The summed E-state index contributed by atoms with van der Waals surface area (Å²) in [4.78, 5) is 16.3. The molecule has 0 aliphatic carbocycles. The van der Waals surface area contributed by atoms with E-state index in [1.54, 1.807) is 24.3 Å². The van der Waals surface area contributed by atoms with Crippen LogP contribution in [-0.2, 0) is 16.5 Å². The fourth-order valence-corrected chi connectivity index (χ4v) is 2.59. The van der Waals surface area contributed by atoms with Crippen LogP contribution >= 0.6 is 0 Å². The number of carbonyl (C=O) groups excluding carboxylic acids is 1. The van der Waals surface area contributed by atoms with Gasteiger partial charge in [0, 0.05) is 11.8 Å². The molecule has 144 valence electrons. The predicted molar refractivity (Wildman–Crippen MR) is 89.6 cm³/mol. The summed E-state index contributed by atoms with van der Waals surface area (Å²) < 4.78 is 52.0. The van der Waals surface area contributed by atoms with Crippen molar-refractivity contribution in [2.75, 3.05) is 18.5 Å². The molecule has 0 spiro atoms. The van der Waals surface area contributed by atoms with Gasteiger partial charge in [0.05, 0.1) is 6.61 Å². The molecule has 1 aliphatic rings. The second-order valence-electron chi connectivity index (χ2n) is 6.11. The molecule has 0 fully saturated rings. The SMILES string of the molecule is CC1(c2cccc(NC(=O)Oc3coc(C(F)(F)F)c3)c2)COCC(N)=N1. The van der Waals surface area contributed by atoms with E-state index in [2.05, 4.69) is 14.7 Å². The molecule has 1 aliphatic heterocycles. The molecule has 1 aromatic carbocycles. The molecule has 1 aromatic heterocycles. The number of nitrogens with zero attached hydrogens (tertiary/aromatic N) is 1. The number of halogens is 3. The Hall–Kier alpha value is -3.01. The molecule has 0 saturated heterocycles. The molecule has 7 nitrogen and oxygen atoms in total. The van der Waals surface area contributed by atoms with Crippen molar-refractivity contribution in [2.24, 2.45) is 10.7 Å². The summed E-state index contributed by atoms with van der Waals surface area (Å²) in [6, 6.07) is 7.34. The molecular formula is C17H16F3N3O4. The van der Waals surface area contributed by atoms with Crippen molar-refractivity contribution in [2.45, 2.75) is 18.6 Å². The van der Waals surface area contributed by atoms with Gasteiger partial charge < -0.3 is 19.6 Å². The molecule has 0 radical (unpaired) electrons. The van der Waals surface area contributed by atoms with Crippen molar-refractivity contribution >= 4 is 17.6 Å². The first-order chi connectivity index (χ1) is 12.7. The van der Waals surface area contributed by atoms with E-state index in [1.807, 2.05) is 6.92 Å². The zero-order chi connectivity index (χ0) is 19.7. The lowest BCUT2D eigenvalue weighted by Crippen LogP contribution is -2.37. The van der Waals surface area contributed by atoms with Gasteiger partial charge in [-0.05, 0) is 24.6 Å². The second-order valence-corrected chi connectivity index (χ2v) is 6.11. The molecule has 2 aromatic rings. The zero-order valence-electron chi connectivity index (χ0n) is 14.2. The molecule has 1 unspecified atom stereocenters. The van der Waals surface area contributed by atoms with Crippen LogP contribution in [0, 0.1) is 0 Å². The second kappa shape index (κ2) is 6.95. The highest BCUT2D eigenvalue weighted by Gasteiger charge is 2.35. The van der Waals surface area contributed by atoms with E-state index in [-0.39, 0.29) is 12.4 Å². The number of ether oxygens (including phenoxy) is 2. The first kappa shape index (κ1) is 18.8. The maximum Gasteiger partial charge on any atom is 0.449 e. The van der Waals surface area contributed by atoms with Crippen LogP contribution in [0.2, 0.25) is 0 Å². The van der Waals surface area contributed by atoms with E-state index in [4.69, 9.17) is 15.2 Å². The molecule has 10 heteroatoms. The summed E-state index contributed by atoms with van der Waals surface area (Å²) in [7, 11) is 0. The zero-order valence-corrected chi connectivity index (χ0v) is 14.2. The van der Waals surface area contributed by atoms with E-state index < -0.39 is 23.6 Å². The Kier molecular flexibility index (Phi) is 4.83. The molecule has 3 rings (SSSR count). The molecule has 1 atom stereocenters. The van der Waals surface area contributed by atoms with E-state index in [0.29, 0.717) is 30.5 Å². The molecule has 1 amide bonds. The number of carbonyl (C=O) groups is 1. The fourth-order valence-electron chi connectivity index (χ4n) is 2.59. The summed E-state index contributed by atoms with van der Waals surface area (Å²) in [6.07, 6.45) is -4.92. The number of furan rings is 1. The lowest BCUT2D eigenvalue weighted by atomic mass is 9.92. The largest absolute Gasteiger partial charge is 0.456 e. The van der Waals surface area contributed by atoms with Gasteiger partial charge in [0.25, 0.3) is 0 Å².